The Balaban J connectivity index is 2.25. The molecule has 2 aromatic rings. The van der Waals surface area contributed by atoms with Crippen molar-refractivity contribution in [2.24, 2.45) is 0 Å². The number of ether oxygens (including phenoxy) is 3. The zero-order valence-electron chi connectivity index (χ0n) is 16.3. The van der Waals surface area contributed by atoms with Crippen LogP contribution in [0.4, 0.5) is 4.39 Å². The molecule has 0 saturated carbocycles. The molecular formula is C21H26FNO4. The number of carbonyl (C=O) groups is 1. The van der Waals surface area contributed by atoms with Gasteiger partial charge in [0.25, 0.3) is 5.91 Å². The highest BCUT2D eigenvalue weighted by Gasteiger charge is 2.21. The Morgan fingerprint density at radius 3 is 2.19 bits per heavy atom. The van der Waals surface area contributed by atoms with Gasteiger partial charge in [0.2, 0.25) is 5.75 Å². The van der Waals surface area contributed by atoms with E-state index in [1.165, 1.54) is 33.5 Å². The minimum atomic E-state index is -0.273. The Bertz CT molecular complexity index is 754. The van der Waals surface area contributed by atoms with Crippen molar-refractivity contribution in [3.8, 4) is 17.2 Å². The largest absolute Gasteiger partial charge is 0.493 e. The Labute approximate surface area is 159 Å². The molecule has 27 heavy (non-hydrogen) atoms. The molecule has 0 aliphatic heterocycles. The third-order valence-electron chi connectivity index (χ3n) is 4.25. The van der Waals surface area contributed by atoms with E-state index in [1.54, 1.807) is 23.1 Å². The van der Waals surface area contributed by atoms with Gasteiger partial charge in [-0.2, -0.15) is 0 Å². The second kappa shape index (κ2) is 9.80. The lowest BCUT2D eigenvalue weighted by Crippen LogP contribution is -2.33. The van der Waals surface area contributed by atoms with E-state index in [0.717, 1.165) is 12.0 Å². The van der Waals surface area contributed by atoms with Gasteiger partial charge in [0.05, 0.1) is 21.3 Å². The van der Waals surface area contributed by atoms with Crippen molar-refractivity contribution in [2.45, 2.75) is 19.8 Å². The number of methoxy groups -OCH3 is 3. The van der Waals surface area contributed by atoms with Crippen molar-refractivity contribution in [1.82, 2.24) is 4.90 Å². The van der Waals surface area contributed by atoms with E-state index in [9.17, 15) is 9.18 Å². The van der Waals surface area contributed by atoms with Gasteiger partial charge in [-0.25, -0.2) is 4.39 Å². The third-order valence-corrected chi connectivity index (χ3v) is 4.25. The Hall–Kier alpha value is -2.76. The number of hydrogen-bond donors (Lipinski definition) is 0. The first-order valence-electron chi connectivity index (χ1n) is 8.87. The summed E-state index contributed by atoms with van der Waals surface area (Å²) < 4.78 is 29.4. The topological polar surface area (TPSA) is 48.0 Å². The molecule has 0 unspecified atom stereocenters. The molecule has 0 heterocycles. The molecule has 0 N–H and O–H groups in total. The van der Waals surface area contributed by atoms with Crippen molar-refractivity contribution < 1.29 is 23.4 Å². The predicted molar refractivity (Wildman–Crippen MR) is 102 cm³/mol. The van der Waals surface area contributed by atoms with Crippen LogP contribution < -0.4 is 14.2 Å². The van der Waals surface area contributed by atoms with Crippen molar-refractivity contribution in [3.05, 3.63) is 53.3 Å². The molecule has 5 nitrogen and oxygen atoms in total. The summed E-state index contributed by atoms with van der Waals surface area (Å²) in [6.45, 7) is 3.11. The summed E-state index contributed by atoms with van der Waals surface area (Å²) >= 11 is 0. The van der Waals surface area contributed by atoms with E-state index >= 15 is 0 Å². The quantitative estimate of drug-likeness (QED) is 0.666. The SMILES string of the molecule is CCCN(CCc1cccc(F)c1)C(=O)c1cc(OC)c(OC)c(OC)c1. The van der Waals surface area contributed by atoms with Crippen LogP contribution in [-0.2, 0) is 6.42 Å². The number of benzene rings is 2. The van der Waals surface area contributed by atoms with Crippen molar-refractivity contribution in [1.29, 1.82) is 0 Å². The zero-order chi connectivity index (χ0) is 19.8. The highest BCUT2D eigenvalue weighted by atomic mass is 19.1. The van der Waals surface area contributed by atoms with Crippen LogP contribution in [0.2, 0.25) is 0 Å². The smallest absolute Gasteiger partial charge is 0.254 e. The molecule has 0 spiro atoms. The molecular weight excluding hydrogens is 349 g/mol. The third kappa shape index (κ3) is 5.12. The van der Waals surface area contributed by atoms with Gasteiger partial charge in [-0.3, -0.25) is 4.79 Å². The molecule has 0 aliphatic rings. The number of rotatable bonds is 9. The number of halogens is 1. The monoisotopic (exact) mass is 375 g/mol. The van der Waals surface area contributed by atoms with Gasteiger partial charge in [0.1, 0.15) is 5.82 Å². The van der Waals surface area contributed by atoms with Crippen molar-refractivity contribution >= 4 is 5.91 Å². The highest BCUT2D eigenvalue weighted by molar-refractivity contribution is 5.95. The van der Waals surface area contributed by atoms with Crippen molar-refractivity contribution in [3.63, 3.8) is 0 Å². The van der Waals surface area contributed by atoms with Crippen LogP contribution in [-0.4, -0.2) is 45.2 Å². The Kier molecular flexibility index (Phi) is 7.46. The first-order chi connectivity index (χ1) is 13.0. The predicted octanol–water partition coefficient (Wildman–Crippen LogP) is 3.95. The maximum atomic E-state index is 13.4. The van der Waals surface area contributed by atoms with Crippen LogP contribution in [0.5, 0.6) is 17.2 Å². The molecule has 0 fully saturated rings. The van der Waals surface area contributed by atoms with Gasteiger partial charge in [-0.1, -0.05) is 19.1 Å². The molecule has 0 aromatic heterocycles. The molecule has 2 aromatic carbocycles. The standard InChI is InChI=1S/C21H26FNO4/c1-5-10-23(11-9-15-7-6-8-17(22)12-15)21(24)16-13-18(25-2)20(27-4)19(14-16)26-3/h6-8,12-14H,5,9-11H2,1-4H3. The van der Waals surface area contributed by atoms with Crippen LogP contribution in [0.25, 0.3) is 0 Å². The van der Waals surface area contributed by atoms with E-state index < -0.39 is 0 Å². The second-order valence-corrected chi connectivity index (χ2v) is 6.09. The van der Waals surface area contributed by atoms with Gasteiger partial charge in [0.15, 0.2) is 11.5 Å². The van der Waals surface area contributed by atoms with Gasteiger partial charge in [-0.15, -0.1) is 0 Å². The van der Waals surface area contributed by atoms with Crippen LogP contribution in [0.15, 0.2) is 36.4 Å². The minimum Gasteiger partial charge on any atom is -0.493 e. The van der Waals surface area contributed by atoms with Gasteiger partial charge < -0.3 is 19.1 Å². The second-order valence-electron chi connectivity index (χ2n) is 6.09. The number of hydrogen-bond acceptors (Lipinski definition) is 4. The summed E-state index contributed by atoms with van der Waals surface area (Å²) in [6, 6.07) is 9.73. The summed E-state index contributed by atoms with van der Waals surface area (Å²) in [4.78, 5) is 14.8. The molecule has 2 rings (SSSR count). The minimum absolute atomic E-state index is 0.132. The average molecular weight is 375 g/mol. The molecule has 1 amide bonds. The molecule has 0 radical (unpaired) electrons. The molecule has 146 valence electrons. The van der Waals surface area contributed by atoms with E-state index in [2.05, 4.69) is 0 Å². The fourth-order valence-electron chi connectivity index (χ4n) is 2.93. The van der Waals surface area contributed by atoms with Crippen LogP contribution in [0.3, 0.4) is 0 Å². The molecule has 6 heteroatoms. The summed E-state index contributed by atoms with van der Waals surface area (Å²) in [7, 11) is 4.54. The fourth-order valence-corrected chi connectivity index (χ4v) is 2.93. The normalized spacial score (nSPS) is 10.4. The summed E-state index contributed by atoms with van der Waals surface area (Å²) in [6.07, 6.45) is 1.40. The van der Waals surface area contributed by atoms with Crippen LogP contribution >= 0.6 is 0 Å². The van der Waals surface area contributed by atoms with Crippen LogP contribution in [0.1, 0.15) is 29.3 Å². The zero-order valence-corrected chi connectivity index (χ0v) is 16.3. The van der Waals surface area contributed by atoms with Crippen LogP contribution in [0, 0.1) is 5.82 Å². The summed E-state index contributed by atoms with van der Waals surface area (Å²) in [5.41, 5.74) is 1.31. The Morgan fingerprint density at radius 1 is 1.00 bits per heavy atom. The number of nitrogens with zero attached hydrogens (tertiary/aromatic N) is 1. The maximum absolute atomic E-state index is 13.4. The molecule has 0 saturated heterocycles. The van der Waals surface area contributed by atoms with Gasteiger partial charge in [0, 0.05) is 18.7 Å². The lowest BCUT2D eigenvalue weighted by molar-refractivity contribution is 0.0756. The Morgan fingerprint density at radius 2 is 1.67 bits per heavy atom. The molecule has 0 bridgehead atoms. The van der Waals surface area contributed by atoms with E-state index in [-0.39, 0.29) is 11.7 Å². The van der Waals surface area contributed by atoms with E-state index in [0.29, 0.717) is 42.3 Å². The molecule has 0 atom stereocenters. The lowest BCUT2D eigenvalue weighted by Gasteiger charge is -2.23. The first kappa shape index (κ1) is 20.6. The average Bonchev–Trinajstić information content (AvgIpc) is 2.69. The van der Waals surface area contributed by atoms with Gasteiger partial charge in [-0.05, 0) is 42.7 Å². The number of amides is 1. The van der Waals surface area contributed by atoms with E-state index in [1.807, 2.05) is 13.0 Å². The lowest BCUT2D eigenvalue weighted by atomic mass is 10.1. The maximum Gasteiger partial charge on any atom is 0.254 e. The van der Waals surface area contributed by atoms with E-state index in [4.69, 9.17) is 14.2 Å². The van der Waals surface area contributed by atoms with Gasteiger partial charge >= 0.3 is 0 Å². The highest BCUT2D eigenvalue weighted by Crippen LogP contribution is 2.38. The first-order valence-corrected chi connectivity index (χ1v) is 8.87. The fraction of sp³-hybridized carbons (Fsp3) is 0.381. The summed E-state index contributed by atoms with van der Waals surface area (Å²) in [5, 5.41) is 0. The van der Waals surface area contributed by atoms with Crippen molar-refractivity contribution in [2.75, 3.05) is 34.4 Å². The number of carbonyl (C=O) groups excluding carboxylic acids is 1. The summed E-state index contributed by atoms with van der Waals surface area (Å²) in [5.74, 6) is 0.903. The molecule has 0 aliphatic carbocycles.